The van der Waals surface area contributed by atoms with Crippen LogP contribution in [0, 0.1) is 0 Å². The first-order valence-corrected chi connectivity index (χ1v) is 10.4. The average Bonchev–Trinajstić information content (AvgIpc) is 2.86. The number of nitrogens with one attached hydrogen (secondary N) is 3. The van der Waals surface area contributed by atoms with Crippen LogP contribution in [0.4, 0.5) is 0 Å². The van der Waals surface area contributed by atoms with Crippen molar-refractivity contribution >= 4 is 17.7 Å². The number of carbonyl (C=O) groups excluding carboxylic acids is 3. The zero-order valence-electron chi connectivity index (χ0n) is 18.2. The first kappa shape index (κ1) is 23.3. The minimum atomic E-state index is -0.588. The zero-order chi connectivity index (χ0) is 23.5. The molecule has 3 rings (SSSR count). The van der Waals surface area contributed by atoms with Gasteiger partial charge in [-0.1, -0.05) is 60.7 Å². The van der Waals surface area contributed by atoms with E-state index in [1.807, 2.05) is 55.5 Å². The molecule has 0 saturated carbocycles. The molecule has 0 fully saturated rings. The van der Waals surface area contributed by atoms with Crippen molar-refractivity contribution in [3.63, 3.8) is 0 Å². The van der Waals surface area contributed by atoms with Crippen molar-refractivity contribution in [2.24, 2.45) is 0 Å². The second-order valence-electron chi connectivity index (χ2n) is 6.86. The van der Waals surface area contributed by atoms with Crippen LogP contribution < -0.4 is 25.6 Å². The Morgan fingerprint density at radius 1 is 0.727 bits per heavy atom. The van der Waals surface area contributed by atoms with Crippen LogP contribution in [-0.4, -0.2) is 37.5 Å². The SMILES string of the molecule is CCOc1ccccc1C(=O)NCC(=O)NNC(=O)COc1ccccc1-c1ccccc1. The number of ether oxygens (including phenoxy) is 2. The molecule has 3 aromatic rings. The molecule has 3 aromatic carbocycles. The maximum Gasteiger partial charge on any atom is 0.276 e. The molecule has 0 saturated heterocycles. The molecule has 0 bridgehead atoms. The molecule has 0 unspecified atom stereocenters. The van der Waals surface area contributed by atoms with Gasteiger partial charge in [-0.2, -0.15) is 0 Å². The lowest BCUT2D eigenvalue weighted by atomic mass is 10.1. The van der Waals surface area contributed by atoms with Gasteiger partial charge in [0.15, 0.2) is 6.61 Å². The molecule has 0 aliphatic rings. The predicted molar refractivity (Wildman–Crippen MR) is 124 cm³/mol. The standard InChI is InChI=1S/C25H25N3O5/c1-2-32-22-15-9-7-13-20(22)25(31)26-16-23(29)27-28-24(30)17-33-21-14-8-6-12-19(21)18-10-4-3-5-11-18/h3-15H,2,16-17H2,1H3,(H,26,31)(H,27,29)(H,28,30). The lowest BCUT2D eigenvalue weighted by molar-refractivity contribution is -0.129. The fourth-order valence-corrected chi connectivity index (χ4v) is 3.00. The molecule has 170 valence electrons. The van der Waals surface area contributed by atoms with Crippen LogP contribution in [0.25, 0.3) is 11.1 Å². The molecular formula is C25H25N3O5. The fraction of sp³-hybridized carbons (Fsp3) is 0.160. The van der Waals surface area contributed by atoms with E-state index >= 15 is 0 Å². The normalized spacial score (nSPS) is 10.1. The Morgan fingerprint density at radius 3 is 2.12 bits per heavy atom. The summed E-state index contributed by atoms with van der Waals surface area (Å²) in [6, 6.07) is 23.8. The largest absolute Gasteiger partial charge is 0.493 e. The van der Waals surface area contributed by atoms with E-state index in [9.17, 15) is 14.4 Å². The van der Waals surface area contributed by atoms with Gasteiger partial charge in [-0.15, -0.1) is 0 Å². The van der Waals surface area contributed by atoms with Crippen molar-refractivity contribution in [1.29, 1.82) is 0 Å². The third kappa shape index (κ3) is 6.83. The molecule has 3 N–H and O–H groups in total. The summed E-state index contributed by atoms with van der Waals surface area (Å²) >= 11 is 0. The summed E-state index contributed by atoms with van der Waals surface area (Å²) in [5, 5.41) is 2.49. The number of para-hydroxylation sites is 2. The molecule has 0 radical (unpaired) electrons. The van der Waals surface area contributed by atoms with Gasteiger partial charge >= 0.3 is 0 Å². The number of rotatable bonds is 9. The molecule has 3 amide bonds. The van der Waals surface area contributed by atoms with Crippen molar-refractivity contribution in [2.45, 2.75) is 6.92 Å². The van der Waals surface area contributed by atoms with Crippen molar-refractivity contribution in [2.75, 3.05) is 19.8 Å². The summed E-state index contributed by atoms with van der Waals surface area (Å²) in [5.41, 5.74) is 6.65. The number of hydrogen-bond acceptors (Lipinski definition) is 5. The molecule has 0 spiro atoms. The van der Waals surface area contributed by atoms with E-state index in [-0.39, 0.29) is 13.2 Å². The third-order valence-corrected chi connectivity index (χ3v) is 4.51. The number of hydrazine groups is 1. The average molecular weight is 447 g/mol. The Labute approximate surface area is 191 Å². The highest BCUT2D eigenvalue weighted by atomic mass is 16.5. The van der Waals surface area contributed by atoms with E-state index < -0.39 is 17.7 Å². The van der Waals surface area contributed by atoms with E-state index in [1.165, 1.54) is 0 Å². The maximum absolute atomic E-state index is 12.3. The minimum absolute atomic E-state index is 0.293. The molecule has 0 aliphatic carbocycles. The number of carbonyl (C=O) groups is 3. The molecule has 0 atom stereocenters. The Hall–Kier alpha value is -4.33. The van der Waals surface area contributed by atoms with Gasteiger partial charge in [0.25, 0.3) is 17.7 Å². The van der Waals surface area contributed by atoms with Crippen molar-refractivity contribution in [3.8, 4) is 22.6 Å². The highest BCUT2D eigenvalue weighted by Crippen LogP contribution is 2.29. The summed E-state index contributed by atoms with van der Waals surface area (Å²) in [6.45, 7) is 1.61. The van der Waals surface area contributed by atoms with Crippen LogP contribution in [-0.2, 0) is 9.59 Å². The second-order valence-corrected chi connectivity index (χ2v) is 6.86. The van der Waals surface area contributed by atoms with E-state index in [4.69, 9.17) is 9.47 Å². The fourth-order valence-electron chi connectivity index (χ4n) is 3.00. The van der Waals surface area contributed by atoms with E-state index in [1.54, 1.807) is 30.3 Å². The van der Waals surface area contributed by atoms with Crippen LogP contribution in [0.5, 0.6) is 11.5 Å². The van der Waals surface area contributed by atoms with Crippen molar-refractivity contribution < 1.29 is 23.9 Å². The number of benzene rings is 3. The second kappa shape index (κ2) is 11.9. The summed E-state index contributed by atoms with van der Waals surface area (Å²) in [4.78, 5) is 36.4. The molecule has 8 heteroatoms. The van der Waals surface area contributed by atoms with E-state index in [2.05, 4.69) is 16.2 Å². The first-order chi connectivity index (χ1) is 16.1. The summed E-state index contributed by atoms with van der Waals surface area (Å²) in [7, 11) is 0. The third-order valence-electron chi connectivity index (χ3n) is 4.51. The molecule has 33 heavy (non-hydrogen) atoms. The Morgan fingerprint density at radius 2 is 1.36 bits per heavy atom. The minimum Gasteiger partial charge on any atom is -0.493 e. The van der Waals surface area contributed by atoms with Gasteiger partial charge in [0.05, 0.1) is 18.7 Å². The van der Waals surface area contributed by atoms with Crippen molar-refractivity contribution in [3.05, 3.63) is 84.4 Å². The highest BCUT2D eigenvalue weighted by molar-refractivity contribution is 5.98. The van der Waals surface area contributed by atoms with Crippen LogP contribution in [0.1, 0.15) is 17.3 Å². The van der Waals surface area contributed by atoms with Gasteiger partial charge in [-0.05, 0) is 30.7 Å². The van der Waals surface area contributed by atoms with Gasteiger partial charge < -0.3 is 14.8 Å². The van der Waals surface area contributed by atoms with E-state index in [0.717, 1.165) is 11.1 Å². The molecule has 0 aromatic heterocycles. The first-order valence-electron chi connectivity index (χ1n) is 10.4. The lowest BCUT2D eigenvalue weighted by Gasteiger charge is -2.13. The van der Waals surface area contributed by atoms with Crippen molar-refractivity contribution in [1.82, 2.24) is 16.2 Å². The topological polar surface area (TPSA) is 106 Å². The predicted octanol–water partition coefficient (Wildman–Crippen LogP) is 2.71. The molecule has 0 aliphatic heterocycles. The monoisotopic (exact) mass is 447 g/mol. The van der Waals surface area contributed by atoms with E-state index in [0.29, 0.717) is 23.7 Å². The van der Waals surface area contributed by atoms with Crippen LogP contribution in [0.2, 0.25) is 0 Å². The maximum atomic E-state index is 12.3. The highest BCUT2D eigenvalue weighted by Gasteiger charge is 2.14. The van der Waals surface area contributed by atoms with Crippen LogP contribution in [0.3, 0.4) is 0 Å². The summed E-state index contributed by atoms with van der Waals surface area (Å²) < 4.78 is 11.0. The molecule has 8 nitrogen and oxygen atoms in total. The number of hydrogen-bond donors (Lipinski definition) is 3. The smallest absolute Gasteiger partial charge is 0.276 e. The lowest BCUT2D eigenvalue weighted by Crippen LogP contribution is -2.47. The Kier molecular flexibility index (Phi) is 8.41. The summed E-state index contributed by atoms with van der Waals surface area (Å²) in [6.07, 6.45) is 0. The van der Waals surface area contributed by atoms with Gasteiger partial charge in [0, 0.05) is 5.56 Å². The van der Waals surface area contributed by atoms with Crippen LogP contribution >= 0.6 is 0 Å². The Balaban J connectivity index is 1.45. The quantitative estimate of drug-likeness (QED) is 0.438. The van der Waals surface area contributed by atoms with Gasteiger partial charge in [0.1, 0.15) is 11.5 Å². The Bertz CT molecular complexity index is 1100. The van der Waals surface area contributed by atoms with Gasteiger partial charge in [-0.25, -0.2) is 0 Å². The van der Waals surface area contributed by atoms with Gasteiger partial charge in [-0.3, -0.25) is 25.2 Å². The molecular weight excluding hydrogens is 422 g/mol. The molecule has 0 heterocycles. The summed E-state index contributed by atoms with van der Waals surface area (Å²) in [5.74, 6) is -0.611. The zero-order valence-corrected chi connectivity index (χ0v) is 18.2. The number of amides is 3. The van der Waals surface area contributed by atoms with Crippen LogP contribution in [0.15, 0.2) is 78.9 Å². The van der Waals surface area contributed by atoms with Gasteiger partial charge in [0.2, 0.25) is 0 Å².